The van der Waals surface area contributed by atoms with E-state index in [1.807, 2.05) is 40.3 Å². The van der Waals surface area contributed by atoms with Crippen LogP contribution < -0.4 is 4.80 Å². The van der Waals surface area contributed by atoms with E-state index in [4.69, 9.17) is 37.0 Å². The summed E-state index contributed by atoms with van der Waals surface area (Å²) in [5, 5.41) is 2.99. The molecule has 0 radical (unpaired) electrons. The Morgan fingerprint density at radius 3 is 2.56 bits per heavy atom. The maximum absolute atomic E-state index is 6.10. The SMILES string of the molecule is Clc1ccc(N=c2scc(-c3ccco3)n2Cc2ccco2)cc1Cl. The summed E-state index contributed by atoms with van der Waals surface area (Å²) in [4.78, 5) is 5.52. The number of halogens is 2. The zero-order valence-electron chi connectivity index (χ0n) is 12.9. The van der Waals surface area contributed by atoms with Crippen LogP contribution >= 0.6 is 34.5 Å². The summed E-state index contributed by atoms with van der Waals surface area (Å²) in [6.07, 6.45) is 3.31. The first-order valence-electron chi connectivity index (χ1n) is 7.45. The topological polar surface area (TPSA) is 43.6 Å². The van der Waals surface area contributed by atoms with E-state index in [-0.39, 0.29) is 0 Å². The van der Waals surface area contributed by atoms with Gasteiger partial charge in [0.1, 0.15) is 5.76 Å². The number of nitrogens with zero attached hydrogens (tertiary/aromatic N) is 2. The fourth-order valence-corrected chi connectivity index (χ4v) is 3.62. The highest BCUT2D eigenvalue weighted by Gasteiger charge is 2.12. The van der Waals surface area contributed by atoms with Crippen LogP contribution in [0.3, 0.4) is 0 Å². The molecule has 4 nitrogen and oxygen atoms in total. The number of furan rings is 2. The molecule has 4 aromatic rings. The van der Waals surface area contributed by atoms with Gasteiger partial charge in [0.25, 0.3) is 0 Å². The van der Waals surface area contributed by atoms with Crippen LogP contribution in [-0.4, -0.2) is 4.57 Å². The summed E-state index contributed by atoms with van der Waals surface area (Å²) in [7, 11) is 0. The molecule has 3 aromatic heterocycles. The Morgan fingerprint density at radius 2 is 1.84 bits per heavy atom. The normalized spacial score (nSPS) is 12.0. The van der Waals surface area contributed by atoms with Crippen LogP contribution in [0.4, 0.5) is 5.69 Å². The van der Waals surface area contributed by atoms with Crippen molar-refractivity contribution in [3.63, 3.8) is 0 Å². The summed E-state index contributed by atoms with van der Waals surface area (Å²) < 4.78 is 13.1. The standard InChI is InChI=1S/C18H12Cl2N2O2S/c19-14-6-5-12(9-15(14)20)21-18-22(10-13-3-1-7-23-13)16(11-25-18)17-4-2-8-24-17/h1-9,11H,10H2. The molecule has 0 atom stereocenters. The lowest BCUT2D eigenvalue weighted by Crippen LogP contribution is -2.16. The highest BCUT2D eigenvalue weighted by atomic mass is 35.5. The summed E-state index contributed by atoms with van der Waals surface area (Å²) in [5.74, 6) is 1.61. The van der Waals surface area contributed by atoms with Gasteiger partial charge in [-0.1, -0.05) is 23.2 Å². The molecule has 25 heavy (non-hydrogen) atoms. The van der Waals surface area contributed by atoms with Gasteiger partial charge in [-0.2, -0.15) is 0 Å². The molecule has 0 fully saturated rings. The fraction of sp³-hybridized carbons (Fsp3) is 0.0556. The summed E-state index contributed by atoms with van der Waals surface area (Å²) >= 11 is 13.6. The minimum Gasteiger partial charge on any atom is -0.467 e. The van der Waals surface area contributed by atoms with Crippen molar-refractivity contribution in [2.24, 2.45) is 4.99 Å². The molecule has 0 amide bonds. The van der Waals surface area contributed by atoms with E-state index >= 15 is 0 Å². The number of hydrogen-bond acceptors (Lipinski definition) is 4. The minimum atomic E-state index is 0.475. The highest BCUT2D eigenvalue weighted by molar-refractivity contribution is 7.07. The molecule has 3 heterocycles. The first-order valence-corrected chi connectivity index (χ1v) is 9.08. The van der Waals surface area contributed by atoms with Crippen LogP contribution in [0.15, 0.2) is 74.2 Å². The number of benzene rings is 1. The first kappa shape index (κ1) is 16.3. The average molecular weight is 391 g/mol. The zero-order chi connectivity index (χ0) is 17.2. The van der Waals surface area contributed by atoms with E-state index in [2.05, 4.69) is 0 Å². The molecule has 7 heteroatoms. The van der Waals surface area contributed by atoms with Gasteiger partial charge in [-0.3, -0.25) is 0 Å². The molecular formula is C18H12Cl2N2O2S. The molecule has 0 saturated heterocycles. The summed E-state index contributed by atoms with van der Waals surface area (Å²) in [5.41, 5.74) is 1.67. The molecule has 0 aliphatic carbocycles. The van der Waals surface area contributed by atoms with E-state index in [0.717, 1.165) is 27.7 Å². The second-order valence-corrected chi connectivity index (χ2v) is 6.91. The summed E-state index contributed by atoms with van der Waals surface area (Å²) in [6, 6.07) is 12.9. The Bertz CT molecular complexity index is 1050. The van der Waals surface area contributed by atoms with Crippen molar-refractivity contribution >= 4 is 40.2 Å². The Hall–Kier alpha value is -2.21. The van der Waals surface area contributed by atoms with Gasteiger partial charge >= 0.3 is 0 Å². The first-order chi connectivity index (χ1) is 12.2. The molecule has 1 aromatic carbocycles. The van der Waals surface area contributed by atoms with Crippen LogP contribution in [0.5, 0.6) is 0 Å². The van der Waals surface area contributed by atoms with Crippen LogP contribution in [0, 0.1) is 0 Å². The van der Waals surface area contributed by atoms with E-state index in [0.29, 0.717) is 16.6 Å². The highest BCUT2D eigenvalue weighted by Crippen LogP contribution is 2.27. The van der Waals surface area contributed by atoms with Crippen molar-refractivity contribution in [3.8, 4) is 11.5 Å². The maximum Gasteiger partial charge on any atom is 0.190 e. The third kappa shape index (κ3) is 3.44. The Morgan fingerprint density at radius 1 is 1.00 bits per heavy atom. The van der Waals surface area contributed by atoms with Crippen LogP contribution in [0.2, 0.25) is 10.0 Å². The number of hydrogen-bond donors (Lipinski definition) is 0. The van der Waals surface area contributed by atoms with Crippen molar-refractivity contribution in [1.82, 2.24) is 4.57 Å². The van der Waals surface area contributed by atoms with Gasteiger partial charge in [-0.15, -0.1) is 11.3 Å². The minimum absolute atomic E-state index is 0.475. The maximum atomic E-state index is 6.10. The van der Waals surface area contributed by atoms with Gasteiger partial charge in [0.05, 0.1) is 40.5 Å². The van der Waals surface area contributed by atoms with Gasteiger partial charge in [0.15, 0.2) is 10.6 Å². The van der Waals surface area contributed by atoms with Gasteiger partial charge < -0.3 is 13.4 Å². The molecule has 0 aliphatic rings. The van der Waals surface area contributed by atoms with Crippen LogP contribution in [-0.2, 0) is 6.54 Å². The predicted octanol–water partition coefficient (Wildman–Crippen LogP) is 5.99. The smallest absolute Gasteiger partial charge is 0.190 e. The van der Waals surface area contributed by atoms with Crippen molar-refractivity contribution < 1.29 is 8.83 Å². The monoisotopic (exact) mass is 390 g/mol. The lowest BCUT2D eigenvalue weighted by Gasteiger charge is -2.05. The van der Waals surface area contributed by atoms with Gasteiger partial charge in [-0.25, -0.2) is 4.99 Å². The lowest BCUT2D eigenvalue weighted by molar-refractivity contribution is 0.489. The molecule has 0 bridgehead atoms. The van der Waals surface area contributed by atoms with E-state index in [1.165, 1.54) is 11.3 Å². The third-order valence-corrected chi connectivity index (χ3v) is 5.20. The number of thiazole rings is 1. The van der Waals surface area contributed by atoms with E-state index in [9.17, 15) is 0 Å². The summed E-state index contributed by atoms with van der Waals surface area (Å²) in [6.45, 7) is 0.548. The molecule has 4 rings (SSSR count). The number of rotatable bonds is 4. The average Bonchev–Trinajstić information content (AvgIpc) is 3.34. The molecule has 126 valence electrons. The van der Waals surface area contributed by atoms with Crippen LogP contribution in [0.1, 0.15) is 5.76 Å². The molecule has 0 aliphatic heterocycles. The van der Waals surface area contributed by atoms with E-state index < -0.39 is 0 Å². The van der Waals surface area contributed by atoms with Crippen molar-refractivity contribution in [2.45, 2.75) is 6.54 Å². The predicted molar refractivity (Wildman–Crippen MR) is 99.5 cm³/mol. The van der Waals surface area contributed by atoms with Gasteiger partial charge in [0.2, 0.25) is 0 Å². The lowest BCUT2D eigenvalue weighted by atomic mass is 10.3. The van der Waals surface area contributed by atoms with Gasteiger partial charge in [-0.05, 0) is 42.5 Å². The molecular weight excluding hydrogens is 379 g/mol. The molecule has 0 unspecified atom stereocenters. The molecule has 0 N–H and O–H groups in total. The Labute approximate surface area is 157 Å². The van der Waals surface area contributed by atoms with Crippen molar-refractivity contribution in [3.05, 3.63) is 81.0 Å². The van der Waals surface area contributed by atoms with E-state index in [1.54, 1.807) is 24.7 Å². The Kier molecular flexibility index (Phi) is 4.53. The molecule has 0 spiro atoms. The largest absolute Gasteiger partial charge is 0.467 e. The van der Waals surface area contributed by atoms with Crippen molar-refractivity contribution in [2.75, 3.05) is 0 Å². The second kappa shape index (κ2) is 6.96. The number of aromatic nitrogens is 1. The van der Waals surface area contributed by atoms with Crippen LogP contribution in [0.25, 0.3) is 11.5 Å². The molecule has 0 saturated carbocycles. The van der Waals surface area contributed by atoms with Gasteiger partial charge in [0, 0.05) is 5.38 Å². The zero-order valence-corrected chi connectivity index (χ0v) is 15.2. The second-order valence-electron chi connectivity index (χ2n) is 5.26. The van der Waals surface area contributed by atoms with Crippen molar-refractivity contribution in [1.29, 1.82) is 0 Å². The fourth-order valence-electron chi connectivity index (χ4n) is 2.42. The Balaban J connectivity index is 1.84. The third-order valence-electron chi connectivity index (χ3n) is 3.59. The quantitative estimate of drug-likeness (QED) is 0.429.